The fourth-order valence-electron chi connectivity index (χ4n) is 5.02. The lowest BCUT2D eigenvalue weighted by Gasteiger charge is -2.37. The van der Waals surface area contributed by atoms with Gasteiger partial charge in [0.1, 0.15) is 6.54 Å². The van der Waals surface area contributed by atoms with Crippen molar-refractivity contribution in [3.05, 3.63) is 72.3 Å². The highest BCUT2D eigenvalue weighted by Gasteiger charge is 2.53. The SMILES string of the molecule is COC(=O)CN1C(=O)C2(CCN(S(=O)(=O)c3ccc4ccccc4c3)CC2)c2ccccc21. The number of anilines is 1. The summed E-state index contributed by atoms with van der Waals surface area (Å²) in [7, 11) is -2.40. The van der Waals surface area contributed by atoms with Crippen LogP contribution in [-0.4, -0.2) is 51.3 Å². The molecule has 0 N–H and O–H groups in total. The molecular formula is C25H24N2O5S. The predicted molar refractivity (Wildman–Crippen MR) is 124 cm³/mol. The molecule has 0 bridgehead atoms. The number of amides is 1. The third-order valence-corrected chi connectivity index (χ3v) is 8.71. The topological polar surface area (TPSA) is 84.0 Å². The van der Waals surface area contributed by atoms with E-state index in [0.29, 0.717) is 18.5 Å². The first kappa shape index (κ1) is 21.6. The number of rotatable bonds is 4. The lowest BCUT2D eigenvalue weighted by molar-refractivity contribution is -0.140. The molecule has 33 heavy (non-hydrogen) atoms. The van der Waals surface area contributed by atoms with Gasteiger partial charge in [0, 0.05) is 18.8 Å². The number of piperidine rings is 1. The van der Waals surface area contributed by atoms with Gasteiger partial charge >= 0.3 is 5.97 Å². The Balaban J connectivity index is 1.43. The number of benzene rings is 3. The minimum absolute atomic E-state index is 0.160. The second-order valence-corrected chi connectivity index (χ2v) is 10.4. The van der Waals surface area contributed by atoms with Crippen LogP contribution in [0.5, 0.6) is 0 Å². The largest absolute Gasteiger partial charge is 0.468 e. The molecule has 1 fully saturated rings. The molecule has 1 saturated heterocycles. The minimum atomic E-state index is -3.70. The lowest BCUT2D eigenvalue weighted by Crippen LogP contribution is -2.50. The summed E-state index contributed by atoms with van der Waals surface area (Å²) >= 11 is 0. The molecule has 0 saturated carbocycles. The number of esters is 1. The number of carbonyl (C=O) groups excluding carboxylic acids is 2. The van der Waals surface area contributed by atoms with Gasteiger partial charge in [0.15, 0.2) is 0 Å². The van der Waals surface area contributed by atoms with Crippen molar-refractivity contribution >= 4 is 38.4 Å². The monoisotopic (exact) mass is 464 g/mol. The Morgan fingerprint density at radius 1 is 0.970 bits per heavy atom. The maximum atomic E-state index is 13.5. The molecule has 0 aliphatic carbocycles. The summed E-state index contributed by atoms with van der Waals surface area (Å²) in [5.41, 5.74) is 0.709. The van der Waals surface area contributed by atoms with Gasteiger partial charge in [-0.25, -0.2) is 8.42 Å². The molecule has 1 spiro atoms. The molecule has 2 aliphatic heterocycles. The van der Waals surface area contributed by atoms with Gasteiger partial charge in [0.2, 0.25) is 15.9 Å². The van der Waals surface area contributed by atoms with Crippen molar-refractivity contribution in [1.29, 1.82) is 0 Å². The predicted octanol–water partition coefficient (Wildman–Crippen LogP) is 3.08. The maximum absolute atomic E-state index is 13.5. The quantitative estimate of drug-likeness (QED) is 0.554. The van der Waals surface area contributed by atoms with Crippen molar-refractivity contribution in [2.45, 2.75) is 23.2 Å². The average Bonchev–Trinajstić information content (AvgIpc) is 3.06. The van der Waals surface area contributed by atoms with Crippen LogP contribution in [0, 0.1) is 0 Å². The van der Waals surface area contributed by atoms with E-state index in [1.54, 1.807) is 12.1 Å². The van der Waals surface area contributed by atoms with Gasteiger partial charge in [0.25, 0.3) is 0 Å². The van der Waals surface area contributed by atoms with E-state index in [9.17, 15) is 18.0 Å². The summed E-state index contributed by atoms with van der Waals surface area (Å²) in [5, 5.41) is 1.85. The minimum Gasteiger partial charge on any atom is -0.468 e. The third-order valence-electron chi connectivity index (χ3n) is 6.81. The molecule has 0 aromatic heterocycles. The summed E-state index contributed by atoms with van der Waals surface area (Å²) in [4.78, 5) is 27.2. The third kappa shape index (κ3) is 3.41. The Hall–Kier alpha value is -3.23. The van der Waals surface area contributed by atoms with Gasteiger partial charge < -0.3 is 9.64 Å². The van der Waals surface area contributed by atoms with E-state index >= 15 is 0 Å². The normalized spacial score (nSPS) is 18.0. The first-order valence-electron chi connectivity index (χ1n) is 10.8. The summed E-state index contributed by atoms with van der Waals surface area (Å²) in [6.07, 6.45) is 0.709. The van der Waals surface area contributed by atoms with Crippen molar-refractivity contribution < 1.29 is 22.7 Å². The van der Waals surface area contributed by atoms with E-state index in [4.69, 9.17) is 4.74 Å². The summed E-state index contributed by atoms with van der Waals surface area (Å²) in [6.45, 7) is 0.287. The molecule has 0 radical (unpaired) electrons. The molecule has 3 aromatic carbocycles. The van der Waals surface area contributed by atoms with E-state index in [1.807, 2.05) is 54.6 Å². The van der Waals surface area contributed by atoms with Crippen LogP contribution >= 0.6 is 0 Å². The number of nitrogens with zero attached hydrogens (tertiary/aromatic N) is 2. The fourth-order valence-corrected chi connectivity index (χ4v) is 6.49. The average molecular weight is 465 g/mol. The zero-order valence-electron chi connectivity index (χ0n) is 18.2. The van der Waals surface area contributed by atoms with Gasteiger partial charge in [-0.2, -0.15) is 4.31 Å². The number of carbonyl (C=O) groups is 2. The molecule has 1 amide bonds. The number of hydrogen-bond acceptors (Lipinski definition) is 5. The van der Waals surface area contributed by atoms with Crippen LogP contribution in [0.1, 0.15) is 18.4 Å². The maximum Gasteiger partial charge on any atom is 0.325 e. The summed E-state index contributed by atoms with van der Waals surface area (Å²) in [5.74, 6) is -0.664. The standard InChI is InChI=1S/C25H24N2O5S/c1-32-23(28)17-27-22-9-5-4-8-21(22)25(24(27)29)12-14-26(15-13-25)33(30,31)20-11-10-18-6-2-3-7-19(18)16-20/h2-11,16H,12-15,17H2,1H3. The van der Waals surface area contributed by atoms with Gasteiger partial charge in [-0.15, -0.1) is 0 Å². The van der Waals surface area contributed by atoms with Crippen LogP contribution in [-0.2, 0) is 29.8 Å². The van der Waals surface area contributed by atoms with Crippen LogP contribution in [0.2, 0.25) is 0 Å². The molecule has 2 aliphatic rings. The number of fused-ring (bicyclic) bond motifs is 3. The Morgan fingerprint density at radius 2 is 1.64 bits per heavy atom. The molecule has 0 atom stereocenters. The van der Waals surface area contributed by atoms with Crippen molar-refractivity contribution in [3.63, 3.8) is 0 Å². The molecule has 7 nitrogen and oxygen atoms in total. The number of ether oxygens (including phenoxy) is 1. The van der Waals surface area contributed by atoms with E-state index < -0.39 is 21.4 Å². The van der Waals surface area contributed by atoms with E-state index in [1.165, 1.54) is 16.3 Å². The van der Waals surface area contributed by atoms with Crippen LogP contribution in [0.25, 0.3) is 10.8 Å². The number of para-hydroxylation sites is 1. The second kappa shape index (κ2) is 7.97. The first-order chi connectivity index (χ1) is 15.9. The van der Waals surface area contributed by atoms with Crippen molar-refractivity contribution in [2.24, 2.45) is 0 Å². The zero-order valence-corrected chi connectivity index (χ0v) is 19.0. The second-order valence-electron chi connectivity index (χ2n) is 8.48. The molecule has 5 rings (SSSR count). The van der Waals surface area contributed by atoms with E-state index in [-0.39, 0.29) is 30.4 Å². The van der Waals surface area contributed by atoms with Gasteiger partial charge in [-0.1, -0.05) is 48.5 Å². The number of hydrogen-bond donors (Lipinski definition) is 0. The highest BCUT2D eigenvalue weighted by molar-refractivity contribution is 7.89. The fraction of sp³-hybridized carbons (Fsp3) is 0.280. The summed E-state index contributed by atoms with van der Waals surface area (Å²) < 4.78 is 33.0. The zero-order chi connectivity index (χ0) is 23.2. The molecule has 3 aromatic rings. The molecule has 8 heteroatoms. The first-order valence-corrected chi connectivity index (χ1v) is 12.3. The summed E-state index contributed by atoms with van der Waals surface area (Å²) in [6, 6.07) is 20.2. The van der Waals surface area contributed by atoms with Crippen molar-refractivity contribution in [2.75, 3.05) is 31.6 Å². The van der Waals surface area contributed by atoms with Crippen LogP contribution in [0.15, 0.2) is 71.6 Å². The van der Waals surface area contributed by atoms with E-state index in [0.717, 1.165) is 16.3 Å². The van der Waals surface area contributed by atoms with Crippen molar-refractivity contribution in [3.8, 4) is 0 Å². The lowest BCUT2D eigenvalue weighted by atomic mass is 9.74. The van der Waals surface area contributed by atoms with E-state index in [2.05, 4.69) is 0 Å². The van der Waals surface area contributed by atoms with Gasteiger partial charge in [-0.3, -0.25) is 9.59 Å². The Kier molecular flexibility index (Phi) is 5.22. The van der Waals surface area contributed by atoms with Crippen LogP contribution in [0.3, 0.4) is 0 Å². The Labute approximate surface area is 192 Å². The van der Waals surface area contributed by atoms with Crippen LogP contribution < -0.4 is 4.90 Å². The van der Waals surface area contributed by atoms with Crippen molar-refractivity contribution in [1.82, 2.24) is 4.31 Å². The highest BCUT2D eigenvalue weighted by atomic mass is 32.2. The van der Waals surface area contributed by atoms with Gasteiger partial charge in [-0.05, 0) is 47.4 Å². The Bertz CT molecular complexity index is 1360. The smallest absolute Gasteiger partial charge is 0.325 e. The Morgan fingerprint density at radius 3 is 2.36 bits per heavy atom. The highest BCUT2D eigenvalue weighted by Crippen LogP contribution is 2.48. The number of methoxy groups -OCH3 is 1. The molecule has 0 unspecified atom stereocenters. The molecule has 170 valence electrons. The number of sulfonamides is 1. The molecular weight excluding hydrogens is 440 g/mol. The van der Waals surface area contributed by atoms with Gasteiger partial charge in [0.05, 0.1) is 17.4 Å². The van der Waals surface area contributed by atoms with Crippen LogP contribution in [0.4, 0.5) is 5.69 Å². The molecule has 2 heterocycles.